The molecule has 0 amide bonds. The van der Waals surface area contributed by atoms with Crippen LogP contribution in [0.1, 0.15) is 5.56 Å². The van der Waals surface area contributed by atoms with Crippen LogP contribution in [-0.4, -0.2) is 6.29 Å². The third kappa shape index (κ3) is 9.59. The van der Waals surface area contributed by atoms with Gasteiger partial charge in [-0.05, 0) is 4.79 Å². The predicted molar refractivity (Wildman–Crippen MR) is 42.0 cm³/mol. The average molecular weight is 371 g/mol. The molecule has 1 aromatic carbocycles. The molecular weight excluding hydrogens is 362 g/mol. The van der Waals surface area contributed by atoms with E-state index in [0.29, 0.717) is 0 Å². The molecule has 0 aliphatic carbocycles. The molecule has 0 bridgehead atoms. The minimum atomic E-state index is 0. The van der Waals surface area contributed by atoms with E-state index in [1.807, 2.05) is 30.3 Å². The molecule has 0 aromatic heterocycles. The van der Waals surface area contributed by atoms with E-state index < -0.39 is 0 Å². The van der Waals surface area contributed by atoms with Crippen molar-refractivity contribution in [1.29, 1.82) is 0 Å². The Bertz CT molecular complexity index is 172. The Labute approximate surface area is 91.6 Å². The predicted octanol–water partition coefficient (Wildman–Crippen LogP) is 1.80. The molecular formula is C9H9OU-. The van der Waals surface area contributed by atoms with Crippen molar-refractivity contribution in [3.63, 3.8) is 0 Å². The SMILES string of the molecule is [CH2-][C+]=O.[CH2-]c1ccccc1.[U]. The fourth-order valence-electron chi connectivity index (χ4n) is 0.478. The summed E-state index contributed by atoms with van der Waals surface area (Å²) >= 11 is 0. The molecule has 0 atom stereocenters. The standard InChI is InChI=1S/C7H7.C2H2O.U/c1-7-5-3-2-4-6-7;1-2-3;/h2-6H,1H2;1H2;/q-1;;. The first kappa shape index (κ1) is 13.2. The molecule has 2 heteroatoms. The summed E-state index contributed by atoms with van der Waals surface area (Å²) < 4.78 is 0. The van der Waals surface area contributed by atoms with E-state index in [4.69, 9.17) is 4.79 Å². The molecule has 0 fully saturated rings. The van der Waals surface area contributed by atoms with Crippen molar-refractivity contribution >= 4 is 6.29 Å². The Kier molecular flexibility index (Phi) is 11.5. The quantitative estimate of drug-likeness (QED) is 0.636. The molecule has 0 radical (unpaired) electrons. The van der Waals surface area contributed by atoms with E-state index in [1.165, 1.54) is 6.29 Å². The molecule has 0 unspecified atom stereocenters. The maximum Gasteiger partial charge on any atom is 0.346 e. The molecule has 0 aliphatic heterocycles. The van der Waals surface area contributed by atoms with Crippen LogP contribution in [0.2, 0.25) is 0 Å². The van der Waals surface area contributed by atoms with E-state index in [0.717, 1.165) is 5.56 Å². The van der Waals surface area contributed by atoms with Gasteiger partial charge in [0.2, 0.25) is 0 Å². The van der Waals surface area contributed by atoms with Crippen LogP contribution in [0.3, 0.4) is 0 Å². The molecule has 0 spiro atoms. The van der Waals surface area contributed by atoms with Gasteiger partial charge in [-0.15, -0.1) is 12.1 Å². The fraction of sp³-hybridized carbons (Fsp3) is 0. The van der Waals surface area contributed by atoms with Crippen molar-refractivity contribution in [3.05, 3.63) is 49.7 Å². The van der Waals surface area contributed by atoms with Gasteiger partial charge < -0.3 is 0 Å². The molecule has 11 heavy (non-hydrogen) atoms. The maximum absolute atomic E-state index is 8.57. The third-order valence-corrected chi connectivity index (χ3v) is 0.843. The molecule has 0 aliphatic rings. The number of carbonyl (C=O) groups excluding carboxylic acids is 1. The first-order chi connectivity index (χ1) is 4.81. The Morgan fingerprint density at radius 2 is 1.55 bits per heavy atom. The van der Waals surface area contributed by atoms with Crippen LogP contribution in [0.15, 0.2) is 30.3 Å². The van der Waals surface area contributed by atoms with Gasteiger partial charge in [0.1, 0.15) is 0 Å². The van der Waals surface area contributed by atoms with Gasteiger partial charge in [-0.25, -0.2) is 0 Å². The normalized spacial score (nSPS) is 6.18. The van der Waals surface area contributed by atoms with Crippen molar-refractivity contribution in [3.8, 4) is 0 Å². The minimum absolute atomic E-state index is 0. The molecule has 0 saturated carbocycles. The number of hydrogen-bond acceptors (Lipinski definition) is 1. The first-order valence-electron chi connectivity index (χ1n) is 2.82. The summed E-state index contributed by atoms with van der Waals surface area (Å²) in [5, 5.41) is 0. The molecule has 1 aromatic rings. The summed E-state index contributed by atoms with van der Waals surface area (Å²) in [6.07, 6.45) is 1.25. The minimum Gasteiger partial charge on any atom is -0.199 e. The Morgan fingerprint density at radius 1 is 1.18 bits per heavy atom. The van der Waals surface area contributed by atoms with Gasteiger partial charge in [-0.2, -0.15) is 24.6 Å². The van der Waals surface area contributed by atoms with Crippen molar-refractivity contribution in [2.45, 2.75) is 0 Å². The zero-order chi connectivity index (χ0) is 7.82. The molecule has 0 N–H and O–H groups in total. The monoisotopic (exact) mass is 371 g/mol. The zero-order valence-corrected chi connectivity index (χ0v) is 10.4. The van der Waals surface area contributed by atoms with Crippen LogP contribution in [0.4, 0.5) is 0 Å². The Hall–Kier alpha value is -0.408. The average Bonchev–Trinajstić information content (AvgIpc) is 1.91. The van der Waals surface area contributed by atoms with E-state index in [1.54, 1.807) is 0 Å². The first-order valence-corrected chi connectivity index (χ1v) is 2.82. The zero-order valence-electron chi connectivity index (χ0n) is 6.21. The Balaban J connectivity index is 0. The van der Waals surface area contributed by atoms with Gasteiger partial charge in [0.25, 0.3) is 0 Å². The van der Waals surface area contributed by atoms with Gasteiger partial charge in [0.15, 0.2) is 0 Å². The van der Waals surface area contributed by atoms with E-state index in [2.05, 4.69) is 13.8 Å². The summed E-state index contributed by atoms with van der Waals surface area (Å²) in [6.45, 7) is 6.40. The van der Waals surface area contributed by atoms with Crippen molar-refractivity contribution in [2.24, 2.45) is 0 Å². The van der Waals surface area contributed by atoms with Crippen LogP contribution < -0.4 is 0 Å². The molecule has 1 rings (SSSR count). The molecule has 1 nitrogen and oxygen atoms in total. The van der Waals surface area contributed by atoms with Crippen molar-refractivity contribution < 1.29 is 35.9 Å². The van der Waals surface area contributed by atoms with Crippen molar-refractivity contribution in [2.75, 3.05) is 0 Å². The Morgan fingerprint density at radius 3 is 1.73 bits per heavy atom. The smallest absolute Gasteiger partial charge is 0.199 e. The van der Waals surface area contributed by atoms with Crippen LogP contribution in [0.5, 0.6) is 0 Å². The van der Waals surface area contributed by atoms with E-state index >= 15 is 0 Å². The van der Waals surface area contributed by atoms with Gasteiger partial charge in [0, 0.05) is 31.1 Å². The molecule has 0 saturated heterocycles. The second-order valence-corrected chi connectivity index (χ2v) is 1.63. The third-order valence-electron chi connectivity index (χ3n) is 0.843. The molecule has 0 heterocycles. The summed E-state index contributed by atoms with van der Waals surface area (Å²) in [5.74, 6) is 0. The second kappa shape index (κ2) is 9.59. The van der Waals surface area contributed by atoms with Crippen LogP contribution >= 0.6 is 0 Å². The summed E-state index contributed by atoms with van der Waals surface area (Å²) in [6, 6.07) is 9.87. The van der Waals surface area contributed by atoms with E-state index in [9.17, 15) is 0 Å². The van der Waals surface area contributed by atoms with Gasteiger partial charge in [0.05, 0.1) is 0 Å². The van der Waals surface area contributed by atoms with Crippen molar-refractivity contribution in [1.82, 2.24) is 0 Å². The summed E-state index contributed by atoms with van der Waals surface area (Å²) in [4.78, 5) is 8.57. The fourth-order valence-corrected chi connectivity index (χ4v) is 0.478. The number of rotatable bonds is 0. The van der Waals surface area contributed by atoms with Crippen LogP contribution in [0, 0.1) is 45.0 Å². The van der Waals surface area contributed by atoms with Crippen LogP contribution in [0.25, 0.3) is 0 Å². The van der Waals surface area contributed by atoms with Gasteiger partial charge in [-0.3, -0.25) is 0 Å². The van der Waals surface area contributed by atoms with Gasteiger partial charge in [-0.1, -0.05) is 13.0 Å². The number of benzene rings is 1. The summed E-state index contributed by atoms with van der Waals surface area (Å²) in [7, 11) is 0. The van der Waals surface area contributed by atoms with Crippen LogP contribution in [-0.2, 0) is 4.79 Å². The topological polar surface area (TPSA) is 17.1 Å². The number of hydrogen-bond donors (Lipinski definition) is 0. The molecule has 56 valence electrons. The van der Waals surface area contributed by atoms with Gasteiger partial charge >= 0.3 is 6.29 Å². The summed E-state index contributed by atoms with van der Waals surface area (Å²) in [5.41, 5.74) is 1.07. The largest absolute Gasteiger partial charge is 0.346 e. The maximum atomic E-state index is 8.57. The second-order valence-electron chi connectivity index (χ2n) is 1.63. The van der Waals surface area contributed by atoms with E-state index in [-0.39, 0.29) is 31.1 Å².